The molecule has 2 fully saturated rings. The molecule has 1 amide bonds. The quantitative estimate of drug-likeness (QED) is 0.916. The first-order valence-electron chi connectivity index (χ1n) is 7.29. The van der Waals surface area contributed by atoms with Gasteiger partial charge in [0.25, 0.3) is 0 Å². The Hall–Kier alpha value is -0.920. The van der Waals surface area contributed by atoms with Gasteiger partial charge in [0, 0.05) is 22.3 Å². The van der Waals surface area contributed by atoms with Crippen molar-refractivity contribution >= 4 is 27.3 Å². The lowest BCUT2D eigenvalue weighted by Crippen LogP contribution is -2.46. The summed E-state index contributed by atoms with van der Waals surface area (Å²) in [7, 11) is -3.58. The van der Waals surface area contributed by atoms with Gasteiger partial charge in [0.05, 0.1) is 4.90 Å². The first-order chi connectivity index (χ1) is 9.89. The Kier molecular flexibility index (Phi) is 3.83. The van der Waals surface area contributed by atoms with Crippen LogP contribution in [0.4, 0.5) is 0 Å². The highest BCUT2D eigenvalue weighted by atomic mass is 32.2. The standard InChI is InChI=1S/C14H20N2O3S2/c1-9-8-13(10(2)20-9)21(18,19)16-7-3-4-12(16)14(17)15-11-5-6-11/h8,11-12H,3-7H2,1-2H3,(H,15,17)/t12-/m0/s1. The molecule has 5 nitrogen and oxygen atoms in total. The van der Waals surface area contributed by atoms with E-state index in [1.807, 2.05) is 13.8 Å². The minimum Gasteiger partial charge on any atom is -0.352 e. The molecular weight excluding hydrogens is 308 g/mol. The molecule has 1 aromatic rings. The maximum Gasteiger partial charge on any atom is 0.244 e. The molecule has 1 N–H and O–H groups in total. The van der Waals surface area contributed by atoms with Crippen molar-refractivity contribution in [2.24, 2.45) is 0 Å². The van der Waals surface area contributed by atoms with Crippen molar-refractivity contribution in [3.63, 3.8) is 0 Å². The Morgan fingerprint density at radius 1 is 1.33 bits per heavy atom. The number of carbonyl (C=O) groups is 1. The first kappa shape index (κ1) is 15.0. The summed E-state index contributed by atoms with van der Waals surface area (Å²) in [6.07, 6.45) is 3.37. The van der Waals surface area contributed by atoms with Crippen molar-refractivity contribution in [2.45, 2.75) is 56.5 Å². The molecule has 0 unspecified atom stereocenters. The highest BCUT2D eigenvalue weighted by Crippen LogP contribution is 2.32. The summed E-state index contributed by atoms with van der Waals surface area (Å²) >= 11 is 1.48. The van der Waals surface area contributed by atoms with Crippen LogP contribution in [0.25, 0.3) is 0 Å². The second-order valence-corrected chi connectivity index (χ2v) is 9.15. The zero-order chi connectivity index (χ0) is 15.2. The lowest BCUT2D eigenvalue weighted by molar-refractivity contribution is -0.124. The van der Waals surface area contributed by atoms with Gasteiger partial charge in [-0.2, -0.15) is 4.31 Å². The lowest BCUT2D eigenvalue weighted by Gasteiger charge is -2.23. The number of hydrogen-bond donors (Lipinski definition) is 1. The van der Waals surface area contributed by atoms with Gasteiger partial charge in [0.1, 0.15) is 6.04 Å². The summed E-state index contributed by atoms with van der Waals surface area (Å²) < 4.78 is 27.1. The van der Waals surface area contributed by atoms with Crippen LogP contribution in [0.5, 0.6) is 0 Å². The maximum atomic E-state index is 12.8. The van der Waals surface area contributed by atoms with E-state index in [4.69, 9.17) is 0 Å². The van der Waals surface area contributed by atoms with Crippen molar-refractivity contribution in [3.8, 4) is 0 Å². The number of thiophene rings is 1. The van der Waals surface area contributed by atoms with E-state index in [1.165, 1.54) is 15.6 Å². The van der Waals surface area contributed by atoms with Gasteiger partial charge >= 0.3 is 0 Å². The minimum absolute atomic E-state index is 0.136. The van der Waals surface area contributed by atoms with Crippen molar-refractivity contribution in [1.82, 2.24) is 9.62 Å². The molecule has 1 aliphatic carbocycles. The number of carbonyl (C=O) groups excluding carboxylic acids is 1. The molecule has 2 aliphatic rings. The predicted octanol–water partition coefficient (Wildman–Crippen LogP) is 1.80. The van der Waals surface area contributed by atoms with Crippen LogP contribution >= 0.6 is 11.3 Å². The van der Waals surface area contributed by atoms with E-state index in [-0.39, 0.29) is 11.9 Å². The smallest absolute Gasteiger partial charge is 0.244 e. The molecule has 1 saturated carbocycles. The van der Waals surface area contributed by atoms with Gasteiger partial charge in [0.2, 0.25) is 15.9 Å². The van der Waals surface area contributed by atoms with Crippen LogP contribution in [-0.2, 0) is 14.8 Å². The molecule has 0 aromatic carbocycles. The fourth-order valence-electron chi connectivity index (χ4n) is 2.80. The zero-order valence-corrected chi connectivity index (χ0v) is 13.9. The Bertz CT molecular complexity index is 662. The monoisotopic (exact) mass is 328 g/mol. The van der Waals surface area contributed by atoms with E-state index < -0.39 is 16.1 Å². The van der Waals surface area contributed by atoms with Gasteiger partial charge in [-0.05, 0) is 45.6 Å². The summed E-state index contributed by atoms with van der Waals surface area (Å²) in [6, 6.07) is 1.42. The van der Waals surface area contributed by atoms with Crippen LogP contribution in [0, 0.1) is 13.8 Å². The molecule has 2 heterocycles. The van der Waals surface area contributed by atoms with E-state index >= 15 is 0 Å². The summed E-state index contributed by atoms with van der Waals surface area (Å²) in [5.41, 5.74) is 0. The van der Waals surface area contributed by atoms with E-state index in [0.717, 1.165) is 29.0 Å². The molecule has 21 heavy (non-hydrogen) atoms. The molecule has 1 aromatic heterocycles. The maximum absolute atomic E-state index is 12.8. The van der Waals surface area contributed by atoms with Crippen LogP contribution in [0.15, 0.2) is 11.0 Å². The van der Waals surface area contributed by atoms with E-state index in [0.29, 0.717) is 17.9 Å². The molecule has 3 rings (SSSR count). The third-order valence-corrected chi connectivity index (χ3v) is 7.14. The molecule has 116 valence electrons. The predicted molar refractivity (Wildman–Crippen MR) is 81.9 cm³/mol. The molecule has 0 spiro atoms. The largest absolute Gasteiger partial charge is 0.352 e. The Morgan fingerprint density at radius 3 is 2.62 bits per heavy atom. The van der Waals surface area contributed by atoms with Gasteiger partial charge in [-0.15, -0.1) is 11.3 Å². The normalized spacial score (nSPS) is 23.4. The first-order valence-corrected chi connectivity index (χ1v) is 9.54. The highest BCUT2D eigenvalue weighted by Gasteiger charge is 2.41. The number of nitrogens with zero attached hydrogens (tertiary/aromatic N) is 1. The van der Waals surface area contributed by atoms with Crippen molar-refractivity contribution < 1.29 is 13.2 Å². The van der Waals surface area contributed by atoms with Crippen molar-refractivity contribution in [3.05, 3.63) is 15.8 Å². The molecule has 1 atom stereocenters. The fourth-order valence-corrected chi connectivity index (χ4v) is 5.99. The van der Waals surface area contributed by atoms with E-state index in [1.54, 1.807) is 6.07 Å². The number of hydrogen-bond acceptors (Lipinski definition) is 4. The Morgan fingerprint density at radius 2 is 2.05 bits per heavy atom. The van der Waals surface area contributed by atoms with Crippen LogP contribution in [0.2, 0.25) is 0 Å². The number of rotatable bonds is 4. The summed E-state index contributed by atoms with van der Waals surface area (Å²) in [5.74, 6) is -0.136. The van der Waals surface area contributed by atoms with Crippen molar-refractivity contribution in [2.75, 3.05) is 6.54 Å². The van der Waals surface area contributed by atoms with Crippen LogP contribution in [0.1, 0.15) is 35.4 Å². The number of aryl methyl sites for hydroxylation is 2. The van der Waals surface area contributed by atoms with E-state index in [9.17, 15) is 13.2 Å². The van der Waals surface area contributed by atoms with Gasteiger partial charge in [-0.25, -0.2) is 8.42 Å². The number of amides is 1. The average molecular weight is 328 g/mol. The SMILES string of the molecule is Cc1cc(S(=O)(=O)N2CCC[C@H]2C(=O)NC2CC2)c(C)s1. The summed E-state index contributed by atoms with van der Waals surface area (Å²) in [4.78, 5) is 14.4. The number of nitrogens with one attached hydrogen (secondary N) is 1. The summed E-state index contributed by atoms with van der Waals surface area (Å²) in [5, 5.41) is 2.93. The number of sulfonamides is 1. The van der Waals surface area contributed by atoms with Crippen molar-refractivity contribution in [1.29, 1.82) is 0 Å². The molecular formula is C14H20N2O3S2. The molecule has 7 heteroatoms. The van der Waals surface area contributed by atoms with Crippen LogP contribution in [-0.4, -0.2) is 37.3 Å². The van der Waals surface area contributed by atoms with Gasteiger partial charge in [-0.3, -0.25) is 4.79 Å². The lowest BCUT2D eigenvalue weighted by atomic mass is 10.2. The molecule has 0 bridgehead atoms. The highest BCUT2D eigenvalue weighted by molar-refractivity contribution is 7.89. The third kappa shape index (κ3) is 2.86. The Labute approximate surface area is 129 Å². The second kappa shape index (κ2) is 5.37. The molecule has 0 radical (unpaired) electrons. The van der Waals surface area contributed by atoms with Crippen LogP contribution < -0.4 is 5.32 Å². The summed E-state index contributed by atoms with van der Waals surface area (Å²) in [6.45, 7) is 4.15. The van der Waals surface area contributed by atoms with Crippen LogP contribution in [0.3, 0.4) is 0 Å². The second-order valence-electron chi connectivity index (χ2n) is 5.83. The zero-order valence-electron chi connectivity index (χ0n) is 12.3. The van der Waals surface area contributed by atoms with Gasteiger partial charge in [0.15, 0.2) is 0 Å². The van der Waals surface area contributed by atoms with E-state index in [2.05, 4.69) is 5.32 Å². The Balaban J connectivity index is 1.86. The molecule has 1 saturated heterocycles. The average Bonchev–Trinajstić information content (AvgIpc) is 2.95. The molecule has 1 aliphatic heterocycles. The van der Waals surface area contributed by atoms with Gasteiger partial charge in [-0.1, -0.05) is 0 Å². The fraction of sp³-hybridized carbons (Fsp3) is 0.643. The minimum atomic E-state index is -3.58. The third-order valence-electron chi connectivity index (χ3n) is 4.01. The van der Waals surface area contributed by atoms with Gasteiger partial charge < -0.3 is 5.32 Å². The topological polar surface area (TPSA) is 66.5 Å².